The van der Waals surface area contributed by atoms with Gasteiger partial charge < -0.3 is 10.1 Å². The third-order valence-corrected chi connectivity index (χ3v) is 4.13. The number of rotatable bonds is 7. The van der Waals surface area contributed by atoms with E-state index in [1.165, 1.54) is 18.9 Å². The van der Waals surface area contributed by atoms with Gasteiger partial charge in [-0.2, -0.15) is 5.26 Å². The van der Waals surface area contributed by atoms with Crippen molar-refractivity contribution in [3.8, 4) is 6.07 Å². The van der Waals surface area contributed by atoms with Gasteiger partial charge in [0.15, 0.2) is 0 Å². The highest BCUT2D eigenvalue weighted by Gasteiger charge is 2.29. The average molecular weight is 286 g/mol. The van der Waals surface area contributed by atoms with Gasteiger partial charge >= 0.3 is 5.97 Å². The van der Waals surface area contributed by atoms with E-state index in [1.807, 2.05) is 20.8 Å². The Kier molecular flexibility index (Phi) is 7.53. The Morgan fingerprint density at radius 1 is 1.42 bits per heavy atom. The highest BCUT2D eigenvalue weighted by atomic mass is 32.2. The molecule has 0 bridgehead atoms. The molecule has 108 valence electrons. The third kappa shape index (κ3) is 6.48. The number of amides is 1. The first-order valence-electron chi connectivity index (χ1n) is 6.15. The lowest BCUT2D eigenvalue weighted by molar-refractivity contribution is -0.140. The van der Waals surface area contributed by atoms with Gasteiger partial charge in [0, 0.05) is 5.25 Å². The molecular weight excluding hydrogens is 264 g/mol. The van der Waals surface area contributed by atoms with Crippen molar-refractivity contribution in [3.05, 3.63) is 0 Å². The predicted octanol–water partition coefficient (Wildman–Crippen LogP) is 1.73. The Morgan fingerprint density at radius 3 is 2.42 bits per heavy atom. The van der Waals surface area contributed by atoms with Crippen LogP contribution in [-0.4, -0.2) is 35.5 Å². The minimum Gasteiger partial charge on any atom is -0.469 e. The molecule has 0 rings (SSSR count). The summed E-state index contributed by atoms with van der Waals surface area (Å²) >= 11 is 1.37. The molecule has 0 saturated carbocycles. The Bertz CT molecular complexity index is 365. The van der Waals surface area contributed by atoms with Crippen LogP contribution in [-0.2, 0) is 14.3 Å². The highest BCUT2D eigenvalue weighted by molar-refractivity contribution is 8.00. The van der Waals surface area contributed by atoms with Gasteiger partial charge in [0.2, 0.25) is 5.91 Å². The minimum absolute atomic E-state index is 0.00518. The normalized spacial score (nSPS) is 15.2. The second kappa shape index (κ2) is 8.05. The fraction of sp³-hybridized carbons (Fsp3) is 0.769. The van der Waals surface area contributed by atoms with Gasteiger partial charge in [0.25, 0.3) is 0 Å². The monoisotopic (exact) mass is 286 g/mol. The topological polar surface area (TPSA) is 79.2 Å². The number of carbonyl (C=O) groups is 2. The van der Waals surface area contributed by atoms with Crippen molar-refractivity contribution in [3.63, 3.8) is 0 Å². The van der Waals surface area contributed by atoms with Crippen LogP contribution in [0.15, 0.2) is 0 Å². The first-order chi connectivity index (χ1) is 8.75. The van der Waals surface area contributed by atoms with Crippen molar-refractivity contribution in [1.29, 1.82) is 5.26 Å². The molecule has 5 nitrogen and oxygen atoms in total. The molecule has 0 aromatic heterocycles. The molecule has 0 fully saturated rings. The van der Waals surface area contributed by atoms with Crippen molar-refractivity contribution in [1.82, 2.24) is 5.32 Å². The van der Waals surface area contributed by atoms with Gasteiger partial charge in [-0.05, 0) is 12.8 Å². The lowest BCUT2D eigenvalue weighted by Crippen LogP contribution is -2.49. The van der Waals surface area contributed by atoms with Crippen LogP contribution in [0.5, 0.6) is 0 Å². The number of carbonyl (C=O) groups excluding carboxylic acids is 2. The summed E-state index contributed by atoms with van der Waals surface area (Å²) in [5.41, 5.74) is -0.858. The van der Waals surface area contributed by atoms with Crippen LogP contribution in [0.1, 0.15) is 34.1 Å². The summed E-state index contributed by atoms with van der Waals surface area (Å²) in [6.45, 7) is 7.34. The van der Waals surface area contributed by atoms with E-state index in [0.29, 0.717) is 0 Å². The molecule has 2 unspecified atom stereocenters. The second-order valence-electron chi connectivity index (χ2n) is 4.92. The second-order valence-corrected chi connectivity index (χ2v) is 6.35. The van der Waals surface area contributed by atoms with Crippen LogP contribution in [0, 0.1) is 17.2 Å². The van der Waals surface area contributed by atoms with E-state index >= 15 is 0 Å². The lowest BCUT2D eigenvalue weighted by Gasteiger charge is -2.27. The smallest absolute Gasteiger partial charge is 0.306 e. The summed E-state index contributed by atoms with van der Waals surface area (Å²) in [5.74, 6) is -0.231. The van der Waals surface area contributed by atoms with Gasteiger partial charge in [0.05, 0.1) is 25.4 Å². The molecular formula is C13H22N2O3S. The molecule has 1 amide bonds. The molecule has 2 atom stereocenters. The van der Waals surface area contributed by atoms with E-state index in [9.17, 15) is 9.59 Å². The van der Waals surface area contributed by atoms with Gasteiger partial charge in [0.1, 0.15) is 5.54 Å². The number of methoxy groups -OCH3 is 1. The van der Waals surface area contributed by atoms with Crippen molar-refractivity contribution in [2.45, 2.75) is 44.9 Å². The largest absolute Gasteiger partial charge is 0.469 e. The van der Waals surface area contributed by atoms with E-state index in [4.69, 9.17) is 5.26 Å². The van der Waals surface area contributed by atoms with Crippen LogP contribution in [0.2, 0.25) is 0 Å². The Balaban J connectivity index is 4.20. The molecule has 0 saturated heterocycles. The SMILES string of the molecule is COC(=O)CC(C)SCC(=O)NC(C)(C#N)C(C)C. The van der Waals surface area contributed by atoms with Crippen LogP contribution in [0.25, 0.3) is 0 Å². The summed E-state index contributed by atoms with van der Waals surface area (Å²) in [4.78, 5) is 22.8. The van der Waals surface area contributed by atoms with Gasteiger partial charge in [-0.1, -0.05) is 20.8 Å². The summed E-state index contributed by atoms with van der Waals surface area (Å²) in [6, 6.07) is 2.12. The summed E-state index contributed by atoms with van der Waals surface area (Å²) in [5, 5.41) is 11.8. The standard InChI is InChI=1S/C13H22N2O3S/c1-9(2)13(4,8-14)15-11(16)7-19-10(3)6-12(17)18-5/h9-10H,6-7H2,1-5H3,(H,15,16). The zero-order chi connectivity index (χ0) is 15.1. The molecule has 1 N–H and O–H groups in total. The maximum Gasteiger partial charge on any atom is 0.306 e. The Hall–Kier alpha value is -1.22. The number of thioether (sulfide) groups is 1. The molecule has 0 aromatic rings. The molecule has 0 spiro atoms. The predicted molar refractivity (Wildman–Crippen MR) is 75.6 cm³/mol. The summed E-state index contributed by atoms with van der Waals surface area (Å²) in [6.07, 6.45) is 0.272. The maximum absolute atomic E-state index is 11.8. The fourth-order valence-corrected chi connectivity index (χ4v) is 1.98. The van der Waals surface area contributed by atoms with Crippen molar-refractivity contribution >= 4 is 23.6 Å². The molecule has 0 aromatic carbocycles. The van der Waals surface area contributed by atoms with Gasteiger partial charge in [-0.15, -0.1) is 11.8 Å². The van der Waals surface area contributed by atoms with E-state index in [1.54, 1.807) is 6.92 Å². The summed E-state index contributed by atoms with van der Waals surface area (Å²) < 4.78 is 4.56. The van der Waals surface area contributed by atoms with Gasteiger partial charge in [-0.25, -0.2) is 0 Å². The van der Waals surface area contributed by atoms with E-state index < -0.39 is 5.54 Å². The first-order valence-corrected chi connectivity index (χ1v) is 7.20. The van der Waals surface area contributed by atoms with Crippen LogP contribution in [0.4, 0.5) is 0 Å². The molecule has 0 aliphatic carbocycles. The zero-order valence-electron chi connectivity index (χ0n) is 12.1. The minimum atomic E-state index is -0.858. The number of hydrogen-bond acceptors (Lipinski definition) is 5. The number of nitrogens with one attached hydrogen (secondary N) is 1. The van der Waals surface area contributed by atoms with Crippen LogP contribution in [0.3, 0.4) is 0 Å². The molecule has 6 heteroatoms. The van der Waals surface area contributed by atoms with Crippen LogP contribution < -0.4 is 5.32 Å². The number of nitrogens with zero attached hydrogens (tertiary/aromatic N) is 1. The number of hydrogen-bond donors (Lipinski definition) is 1. The quantitative estimate of drug-likeness (QED) is 0.721. The average Bonchev–Trinajstić information content (AvgIpc) is 2.35. The third-order valence-electron chi connectivity index (χ3n) is 2.97. The molecule has 19 heavy (non-hydrogen) atoms. The molecule has 0 aliphatic heterocycles. The van der Waals surface area contributed by atoms with E-state index in [0.717, 1.165) is 0 Å². The Morgan fingerprint density at radius 2 is 2.00 bits per heavy atom. The van der Waals surface area contributed by atoms with Crippen LogP contribution >= 0.6 is 11.8 Å². The molecule has 0 heterocycles. The number of esters is 1. The van der Waals surface area contributed by atoms with Gasteiger partial charge in [-0.3, -0.25) is 9.59 Å². The number of nitriles is 1. The fourth-order valence-electron chi connectivity index (χ4n) is 1.22. The van der Waals surface area contributed by atoms with Crippen molar-refractivity contribution < 1.29 is 14.3 Å². The van der Waals surface area contributed by atoms with E-state index in [2.05, 4.69) is 16.1 Å². The van der Waals surface area contributed by atoms with Crippen molar-refractivity contribution in [2.24, 2.45) is 5.92 Å². The molecule has 0 radical (unpaired) electrons. The lowest BCUT2D eigenvalue weighted by atomic mass is 9.90. The highest BCUT2D eigenvalue weighted by Crippen LogP contribution is 2.17. The molecule has 0 aliphatic rings. The van der Waals surface area contributed by atoms with E-state index in [-0.39, 0.29) is 35.2 Å². The maximum atomic E-state index is 11.8. The summed E-state index contributed by atoms with van der Waals surface area (Å²) in [7, 11) is 1.34. The Labute approximate surface area is 119 Å². The first kappa shape index (κ1) is 17.8. The number of ether oxygens (including phenoxy) is 1. The van der Waals surface area contributed by atoms with Crippen molar-refractivity contribution in [2.75, 3.05) is 12.9 Å². The zero-order valence-corrected chi connectivity index (χ0v) is 13.0.